The monoisotopic (exact) mass is 312 g/mol. The number of allylic oxidation sites excluding steroid dienone is 2. The number of rotatable bonds is 1. The molecule has 0 saturated heterocycles. The van der Waals surface area contributed by atoms with Crippen LogP contribution in [0.3, 0.4) is 0 Å². The summed E-state index contributed by atoms with van der Waals surface area (Å²) >= 11 is 0. The Hall–Kier alpha value is -2.44. The fourth-order valence-electron chi connectivity index (χ4n) is 3.72. The summed E-state index contributed by atoms with van der Waals surface area (Å²) in [5, 5.41) is 12.1. The zero-order valence-corrected chi connectivity index (χ0v) is 13.8. The number of Topliss-reactive ketones (excluding diaryl/α,β-unsaturated/α-hetero) is 1. The van der Waals surface area contributed by atoms with Crippen LogP contribution in [0, 0.1) is 12.3 Å². The largest absolute Gasteiger partial charge is 0.328 e. The first-order chi connectivity index (χ1) is 10.9. The predicted molar refractivity (Wildman–Crippen MR) is 84.8 cm³/mol. The maximum absolute atomic E-state index is 12.9. The number of aromatic nitrogens is 5. The summed E-state index contributed by atoms with van der Waals surface area (Å²) in [5.41, 5.74) is 3.64. The van der Waals surface area contributed by atoms with Gasteiger partial charge in [0.25, 0.3) is 0 Å². The average molecular weight is 312 g/mol. The third kappa shape index (κ3) is 2.10. The molecule has 1 aliphatic carbocycles. The van der Waals surface area contributed by atoms with E-state index in [1.807, 2.05) is 20.2 Å². The molecule has 2 aliphatic rings. The van der Waals surface area contributed by atoms with Crippen LogP contribution in [0.5, 0.6) is 0 Å². The van der Waals surface area contributed by atoms with Crippen molar-refractivity contribution in [2.75, 3.05) is 5.32 Å². The van der Waals surface area contributed by atoms with Gasteiger partial charge in [0, 0.05) is 36.5 Å². The fraction of sp³-hybridized carbons (Fsp3) is 0.500. The van der Waals surface area contributed by atoms with Crippen molar-refractivity contribution < 1.29 is 4.79 Å². The van der Waals surface area contributed by atoms with Crippen molar-refractivity contribution in [3.8, 4) is 0 Å². The molecule has 0 spiro atoms. The van der Waals surface area contributed by atoms with E-state index in [9.17, 15) is 4.79 Å². The van der Waals surface area contributed by atoms with Gasteiger partial charge >= 0.3 is 0 Å². The molecule has 0 radical (unpaired) electrons. The van der Waals surface area contributed by atoms with Crippen molar-refractivity contribution in [1.29, 1.82) is 0 Å². The summed E-state index contributed by atoms with van der Waals surface area (Å²) in [7, 11) is 1.89. The highest BCUT2D eigenvalue weighted by Gasteiger charge is 2.42. The number of ketones is 1. The van der Waals surface area contributed by atoms with E-state index in [0.717, 1.165) is 28.9 Å². The first kappa shape index (κ1) is 14.2. The van der Waals surface area contributed by atoms with Crippen LogP contribution in [-0.2, 0) is 11.8 Å². The Morgan fingerprint density at radius 2 is 2.13 bits per heavy atom. The molecule has 1 atom stereocenters. The molecule has 120 valence electrons. The van der Waals surface area contributed by atoms with Crippen LogP contribution in [0.1, 0.15) is 44.0 Å². The highest BCUT2D eigenvalue weighted by atomic mass is 16.1. The van der Waals surface area contributed by atoms with E-state index >= 15 is 0 Å². The second kappa shape index (κ2) is 4.53. The van der Waals surface area contributed by atoms with Crippen molar-refractivity contribution in [2.24, 2.45) is 12.5 Å². The summed E-state index contributed by atoms with van der Waals surface area (Å²) in [6.45, 7) is 6.21. The number of nitrogens with one attached hydrogen (secondary N) is 1. The minimum Gasteiger partial charge on any atom is -0.328 e. The number of carbonyl (C=O) groups excluding carboxylic acids is 1. The molecule has 7 heteroatoms. The van der Waals surface area contributed by atoms with Crippen LogP contribution in [0.2, 0.25) is 0 Å². The summed E-state index contributed by atoms with van der Waals surface area (Å²) in [6.07, 6.45) is 4.87. The molecule has 1 unspecified atom stereocenters. The Morgan fingerprint density at radius 3 is 2.83 bits per heavy atom. The molecular formula is C16H20N6O. The van der Waals surface area contributed by atoms with Crippen LogP contribution >= 0.6 is 0 Å². The lowest BCUT2D eigenvalue weighted by Crippen LogP contribution is -2.36. The zero-order valence-electron chi connectivity index (χ0n) is 13.8. The van der Waals surface area contributed by atoms with E-state index in [1.54, 1.807) is 9.36 Å². The van der Waals surface area contributed by atoms with Crippen molar-refractivity contribution in [3.63, 3.8) is 0 Å². The molecule has 1 N–H and O–H groups in total. The number of nitrogens with zero attached hydrogens (tertiary/aromatic N) is 5. The van der Waals surface area contributed by atoms with E-state index in [1.165, 1.54) is 6.33 Å². The van der Waals surface area contributed by atoms with Crippen LogP contribution in [0.4, 0.5) is 5.95 Å². The van der Waals surface area contributed by atoms with Crippen LogP contribution < -0.4 is 5.32 Å². The van der Waals surface area contributed by atoms with Crippen molar-refractivity contribution in [1.82, 2.24) is 24.5 Å². The van der Waals surface area contributed by atoms with Gasteiger partial charge in [-0.3, -0.25) is 9.48 Å². The Balaban J connectivity index is 1.93. The summed E-state index contributed by atoms with van der Waals surface area (Å²) in [6, 6.07) is -0.249. The Morgan fingerprint density at radius 1 is 1.35 bits per heavy atom. The number of anilines is 1. The summed E-state index contributed by atoms with van der Waals surface area (Å²) in [5.74, 6) is 0.862. The fourth-order valence-corrected chi connectivity index (χ4v) is 3.72. The number of hydrogen-bond acceptors (Lipinski definition) is 5. The molecule has 2 aromatic heterocycles. The van der Waals surface area contributed by atoms with E-state index in [-0.39, 0.29) is 17.2 Å². The predicted octanol–water partition coefficient (Wildman–Crippen LogP) is 1.98. The van der Waals surface area contributed by atoms with Crippen molar-refractivity contribution in [3.05, 3.63) is 35.1 Å². The van der Waals surface area contributed by atoms with E-state index < -0.39 is 0 Å². The third-order valence-electron chi connectivity index (χ3n) is 4.62. The normalized spacial score (nSPS) is 22.6. The highest BCUT2D eigenvalue weighted by Crippen LogP contribution is 2.45. The molecule has 3 heterocycles. The molecule has 1 aliphatic heterocycles. The van der Waals surface area contributed by atoms with Gasteiger partial charge in [-0.05, 0) is 18.8 Å². The van der Waals surface area contributed by atoms with Gasteiger partial charge in [0.1, 0.15) is 12.4 Å². The number of aryl methyl sites for hydroxylation is 2. The molecule has 4 rings (SSSR count). The smallest absolute Gasteiger partial charge is 0.226 e. The lowest BCUT2D eigenvalue weighted by Gasteiger charge is -2.38. The molecule has 0 bridgehead atoms. The zero-order chi connectivity index (χ0) is 16.4. The average Bonchev–Trinajstić information content (AvgIpc) is 3.01. The number of fused-ring (bicyclic) bond motifs is 1. The molecule has 0 aromatic carbocycles. The van der Waals surface area contributed by atoms with Gasteiger partial charge in [-0.1, -0.05) is 13.8 Å². The van der Waals surface area contributed by atoms with Gasteiger partial charge in [-0.2, -0.15) is 15.2 Å². The van der Waals surface area contributed by atoms with Gasteiger partial charge in [0.15, 0.2) is 5.78 Å². The second-order valence-corrected chi connectivity index (χ2v) is 7.23. The SMILES string of the molecule is Cc1nn(C)cc1C1C2=C(CC(C)(C)CC2=O)Nc2ncnn21. The maximum atomic E-state index is 12.9. The summed E-state index contributed by atoms with van der Waals surface area (Å²) in [4.78, 5) is 17.2. The molecule has 2 aromatic rings. The Kier molecular flexibility index (Phi) is 2.79. The molecule has 23 heavy (non-hydrogen) atoms. The maximum Gasteiger partial charge on any atom is 0.226 e. The van der Waals surface area contributed by atoms with Crippen molar-refractivity contribution >= 4 is 11.7 Å². The minimum absolute atomic E-state index is 0.0420. The van der Waals surface area contributed by atoms with Gasteiger partial charge in [0.05, 0.1) is 5.69 Å². The van der Waals surface area contributed by atoms with E-state index in [0.29, 0.717) is 12.4 Å². The van der Waals surface area contributed by atoms with E-state index in [2.05, 4.69) is 34.3 Å². The highest BCUT2D eigenvalue weighted by molar-refractivity contribution is 6.00. The van der Waals surface area contributed by atoms with E-state index in [4.69, 9.17) is 0 Å². The molecule has 0 amide bonds. The Bertz CT molecular complexity index is 841. The molecule has 0 saturated carbocycles. The molecular weight excluding hydrogens is 292 g/mol. The first-order valence-electron chi connectivity index (χ1n) is 7.79. The van der Waals surface area contributed by atoms with Gasteiger partial charge in [-0.15, -0.1) is 0 Å². The Labute approximate surface area is 134 Å². The lowest BCUT2D eigenvalue weighted by molar-refractivity contribution is -0.118. The quantitative estimate of drug-likeness (QED) is 0.871. The third-order valence-corrected chi connectivity index (χ3v) is 4.62. The molecule has 7 nitrogen and oxygen atoms in total. The molecule has 0 fully saturated rings. The minimum atomic E-state index is -0.249. The lowest BCUT2D eigenvalue weighted by atomic mass is 9.73. The second-order valence-electron chi connectivity index (χ2n) is 7.23. The first-order valence-corrected chi connectivity index (χ1v) is 7.79. The van der Waals surface area contributed by atoms with Crippen LogP contribution in [0.15, 0.2) is 23.8 Å². The van der Waals surface area contributed by atoms with Gasteiger partial charge in [-0.25, -0.2) is 4.68 Å². The number of hydrogen-bond donors (Lipinski definition) is 1. The van der Waals surface area contributed by atoms with Crippen LogP contribution in [-0.4, -0.2) is 30.3 Å². The van der Waals surface area contributed by atoms with Gasteiger partial charge in [0.2, 0.25) is 5.95 Å². The van der Waals surface area contributed by atoms with Gasteiger partial charge < -0.3 is 5.32 Å². The topological polar surface area (TPSA) is 77.6 Å². The number of carbonyl (C=O) groups is 1. The standard InChI is InChI=1S/C16H20N6O/c1-9-10(7-21(4)20-9)14-13-11(5-16(2,3)6-12(13)23)19-15-17-8-18-22(14)15/h7-8,14H,5-6H2,1-4H3,(H,17,18,19). The van der Waals surface area contributed by atoms with Crippen LogP contribution in [0.25, 0.3) is 0 Å². The van der Waals surface area contributed by atoms with Crippen molar-refractivity contribution in [2.45, 2.75) is 39.7 Å². The summed E-state index contributed by atoms with van der Waals surface area (Å²) < 4.78 is 3.57.